The fraction of sp³-hybridized carbons (Fsp3) is 0.118. The van der Waals surface area contributed by atoms with Gasteiger partial charge in [0.05, 0.1) is 5.92 Å². The first-order valence-corrected chi connectivity index (χ1v) is 7.05. The van der Waals surface area contributed by atoms with E-state index < -0.39 is 0 Å². The summed E-state index contributed by atoms with van der Waals surface area (Å²) in [5.74, 6) is 0.278. The predicted molar refractivity (Wildman–Crippen MR) is 83.6 cm³/mol. The van der Waals surface area contributed by atoms with Crippen molar-refractivity contribution in [1.29, 1.82) is 5.26 Å². The smallest absolute Gasteiger partial charge is 0.205 e. The van der Waals surface area contributed by atoms with Crippen molar-refractivity contribution in [2.75, 3.05) is 0 Å². The number of nitriles is 1. The number of fused-ring (bicyclic) bond motifs is 1. The molecule has 0 fully saturated rings. The Hall–Kier alpha value is -2.64. The largest absolute Gasteiger partial charge is 0.508 e. The highest BCUT2D eigenvalue weighted by Crippen LogP contribution is 2.45. The lowest BCUT2D eigenvalue weighted by atomic mass is 9.81. The Labute approximate surface area is 133 Å². The maximum atomic E-state index is 9.75. The summed E-state index contributed by atoms with van der Waals surface area (Å²) in [5, 5.41) is 19.8. The molecule has 1 heterocycles. The summed E-state index contributed by atoms with van der Waals surface area (Å²) in [6.45, 7) is 1.86. The topological polar surface area (TPSA) is 79.3 Å². The lowest BCUT2D eigenvalue weighted by Gasteiger charge is -2.28. The molecule has 1 atom stereocenters. The molecular weight excluding hydrogens is 300 g/mol. The molecule has 22 heavy (non-hydrogen) atoms. The first kappa shape index (κ1) is 14.3. The van der Waals surface area contributed by atoms with Gasteiger partial charge in [-0.25, -0.2) is 0 Å². The second kappa shape index (κ2) is 5.28. The predicted octanol–water partition coefficient (Wildman–Crippen LogP) is 3.57. The van der Waals surface area contributed by atoms with Gasteiger partial charge in [-0.2, -0.15) is 5.26 Å². The van der Waals surface area contributed by atoms with Crippen LogP contribution in [-0.4, -0.2) is 5.11 Å². The first-order valence-electron chi connectivity index (χ1n) is 6.68. The van der Waals surface area contributed by atoms with Gasteiger partial charge in [0.1, 0.15) is 23.1 Å². The molecule has 0 radical (unpaired) electrons. The zero-order valence-corrected chi connectivity index (χ0v) is 12.6. The molecule has 0 spiro atoms. The average Bonchev–Trinajstić information content (AvgIpc) is 2.46. The summed E-state index contributed by atoms with van der Waals surface area (Å²) < 4.78 is 5.52. The van der Waals surface area contributed by atoms with Crippen LogP contribution in [0.15, 0.2) is 47.9 Å². The average molecular weight is 313 g/mol. The van der Waals surface area contributed by atoms with Gasteiger partial charge in [-0.05, 0) is 36.2 Å². The Morgan fingerprint density at radius 1 is 1.27 bits per heavy atom. The zero-order valence-electron chi connectivity index (χ0n) is 11.8. The Kier molecular flexibility index (Phi) is 3.44. The number of rotatable bonds is 1. The van der Waals surface area contributed by atoms with Gasteiger partial charge in [0.15, 0.2) is 0 Å². The zero-order chi connectivity index (χ0) is 15.9. The molecule has 0 saturated carbocycles. The number of nitrogens with two attached hydrogens (primary N) is 1. The van der Waals surface area contributed by atoms with Crippen LogP contribution in [0.25, 0.3) is 0 Å². The minimum Gasteiger partial charge on any atom is -0.508 e. The minimum atomic E-state index is -0.341. The van der Waals surface area contributed by atoms with Gasteiger partial charge in [-0.3, -0.25) is 0 Å². The molecule has 110 valence electrons. The van der Waals surface area contributed by atoms with Crippen molar-refractivity contribution in [1.82, 2.24) is 0 Å². The normalized spacial score (nSPS) is 16.7. The van der Waals surface area contributed by atoms with E-state index >= 15 is 0 Å². The molecule has 1 aliphatic rings. The fourth-order valence-electron chi connectivity index (χ4n) is 2.77. The third-order valence-electron chi connectivity index (χ3n) is 3.72. The Morgan fingerprint density at radius 2 is 1.95 bits per heavy atom. The van der Waals surface area contributed by atoms with Gasteiger partial charge in [0.2, 0.25) is 5.88 Å². The highest BCUT2D eigenvalue weighted by molar-refractivity contribution is 6.30. The van der Waals surface area contributed by atoms with Crippen molar-refractivity contribution in [3.05, 3.63) is 69.6 Å². The van der Waals surface area contributed by atoms with Crippen LogP contribution in [0.2, 0.25) is 5.02 Å². The van der Waals surface area contributed by atoms with Gasteiger partial charge in [-0.15, -0.1) is 0 Å². The van der Waals surface area contributed by atoms with Gasteiger partial charge < -0.3 is 15.6 Å². The summed E-state index contributed by atoms with van der Waals surface area (Å²) in [4.78, 5) is 0. The van der Waals surface area contributed by atoms with Gasteiger partial charge in [-0.1, -0.05) is 23.7 Å². The van der Waals surface area contributed by atoms with Gasteiger partial charge in [0.25, 0.3) is 0 Å². The molecule has 0 aromatic heterocycles. The van der Waals surface area contributed by atoms with E-state index in [0.29, 0.717) is 16.3 Å². The van der Waals surface area contributed by atoms with Gasteiger partial charge >= 0.3 is 0 Å². The molecule has 3 rings (SSSR count). The van der Waals surface area contributed by atoms with Crippen LogP contribution < -0.4 is 10.5 Å². The van der Waals surface area contributed by atoms with E-state index in [4.69, 9.17) is 22.1 Å². The third-order valence-corrected chi connectivity index (χ3v) is 3.97. The van der Waals surface area contributed by atoms with Crippen molar-refractivity contribution in [3.8, 4) is 17.6 Å². The van der Waals surface area contributed by atoms with Crippen LogP contribution in [0.3, 0.4) is 0 Å². The van der Waals surface area contributed by atoms with Crippen LogP contribution in [0, 0.1) is 18.3 Å². The molecule has 0 bridgehead atoms. The molecule has 4 nitrogen and oxygen atoms in total. The number of aromatic hydroxyl groups is 1. The number of halogens is 1. The molecule has 2 aromatic rings. The number of hydrogen-bond donors (Lipinski definition) is 2. The summed E-state index contributed by atoms with van der Waals surface area (Å²) in [6, 6.07) is 12.5. The fourth-order valence-corrected chi connectivity index (χ4v) is 2.90. The number of ether oxygens (including phenoxy) is 1. The molecule has 3 N–H and O–H groups in total. The monoisotopic (exact) mass is 312 g/mol. The second-order valence-corrected chi connectivity index (χ2v) is 5.59. The minimum absolute atomic E-state index is 0.0555. The molecule has 0 aliphatic carbocycles. The number of benzene rings is 2. The lowest BCUT2D eigenvalue weighted by molar-refractivity contribution is 0.387. The Balaban J connectivity index is 2.27. The van der Waals surface area contributed by atoms with Crippen LogP contribution in [0.5, 0.6) is 11.5 Å². The maximum absolute atomic E-state index is 9.75. The number of allylic oxidation sites excluding steroid dienone is 1. The van der Waals surface area contributed by atoms with Crippen molar-refractivity contribution in [2.24, 2.45) is 5.73 Å². The molecule has 1 aliphatic heterocycles. The van der Waals surface area contributed by atoms with Crippen molar-refractivity contribution >= 4 is 11.6 Å². The number of nitrogens with zero attached hydrogens (tertiary/aromatic N) is 1. The standard InChI is InChI=1S/C17H13ClN2O2/c1-9-6-12(21)7-14-15(9)16(13(8-19)17(20)22-14)10-2-4-11(18)5-3-10/h2-7,16,21H,20H2,1H3. The number of aryl methyl sites for hydroxylation is 1. The molecule has 1 unspecified atom stereocenters. The van der Waals surface area contributed by atoms with Crippen molar-refractivity contribution < 1.29 is 9.84 Å². The van der Waals surface area contributed by atoms with E-state index in [-0.39, 0.29) is 17.6 Å². The van der Waals surface area contributed by atoms with E-state index in [9.17, 15) is 10.4 Å². The molecule has 0 amide bonds. The van der Waals surface area contributed by atoms with E-state index in [1.807, 2.05) is 19.1 Å². The summed E-state index contributed by atoms with van der Waals surface area (Å²) >= 11 is 5.94. The third kappa shape index (κ3) is 2.26. The van der Waals surface area contributed by atoms with E-state index in [2.05, 4.69) is 6.07 Å². The first-order chi connectivity index (χ1) is 10.5. The van der Waals surface area contributed by atoms with Crippen molar-refractivity contribution in [2.45, 2.75) is 12.8 Å². The summed E-state index contributed by atoms with van der Waals surface area (Å²) in [7, 11) is 0. The Morgan fingerprint density at radius 3 is 2.59 bits per heavy atom. The number of hydrogen-bond acceptors (Lipinski definition) is 4. The van der Waals surface area contributed by atoms with E-state index in [0.717, 1.165) is 16.7 Å². The molecule has 2 aromatic carbocycles. The highest BCUT2D eigenvalue weighted by Gasteiger charge is 2.32. The number of phenolic OH excluding ortho intramolecular Hbond substituents is 1. The van der Waals surface area contributed by atoms with Gasteiger partial charge in [0, 0.05) is 16.7 Å². The van der Waals surface area contributed by atoms with Crippen LogP contribution in [0.1, 0.15) is 22.6 Å². The van der Waals surface area contributed by atoms with Crippen molar-refractivity contribution in [3.63, 3.8) is 0 Å². The maximum Gasteiger partial charge on any atom is 0.205 e. The molecule has 0 saturated heterocycles. The van der Waals surface area contributed by atoms with Crippen LogP contribution in [-0.2, 0) is 0 Å². The SMILES string of the molecule is Cc1cc(O)cc2c1C(c1ccc(Cl)cc1)C(C#N)=C(N)O2. The van der Waals surface area contributed by atoms with Crippen LogP contribution >= 0.6 is 11.6 Å². The van der Waals surface area contributed by atoms with E-state index in [1.54, 1.807) is 18.2 Å². The second-order valence-electron chi connectivity index (χ2n) is 5.15. The van der Waals surface area contributed by atoms with Crippen LogP contribution in [0.4, 0.5) is 0 Å². The van der Waals surface area contributed by atoms with E-state index in [1.165, 1.54) is 6.07 Å². The summed E-state index contributed by atoms with van der Waals surface area (Å²) in [5.41, 5.74) is 8.78. The quantitative estimate of drug-likeness (QED) is 0.843. The Bertz CT molecular complexity index is 820. The lowest BCUT2D eigenvalue weighted by Crippen LogP contribution is -2.21. The highest BCUT2D eigenvalue weighted by atomic mass is 35.5. The summed E-state index contributed by atoms with van der Waals surface area (Å²) in [6.07, 6.45) is 0. The number of phenols is 1. The molecule has 5 heteroatoms. The molecular formula is C17H13ClN2O2.